The molecule has 5 nitrogen and oxygen atoms in total. The van der Waals surface area contributed by atoms with E-state index < -0.39 is 0 Å². The number of rotatable bonds is 5. The number of benzene rings is 2. The molecule has 2 heterocycles. The molecule has 1 aliphatic heterocycles. The van der Waals surface area contributed by atoms with Crippen LogP contribution in [0.3, 0.4) is 0 Å². The number of thiazole rings is 1. The van der Waals surface area contributed by atoms with Crippen LogP contribution in [0.25, 0.3) is 10.2 Å². The normalized spacial score (nSPS) is 16.9. The average Bonchev–Trinajstić information content (AvgIpc) is 3.16. The van der Waals surface area contributed by atoms with Gasteiger partial charge in [0.05, 0.1) is 23.2 Å². The first kappa shape index (κ1) is 18.7. The van der Waals surface area contributed by atoms with Gasteiger partial charge in [0.15, 0.2) is 5.13 Å². The Labute approximate surface area is 169 Å². The molecule has 2 aromatic carbocycles. The number of hydrogen-bond acceptors (Lipinski definition) is 5. The van der Waals surface area contributed by atoms with Gasteiger partial charge in [0.2, 0.25) is 5.91 Å². The highest BCUT2D eigenvalue weighted by Crippen LogP contribution is 2.33. The van der Waals surface area contributed by atoms with E-state index in [0.717, 1.165) is 52.6 Å². The third-order valence-corrected chi connectivity index (χ3v) is 6.31. The first-order valence-electron chi connectivity index (χ1n) is 9.65. The van der Waals surface area contributed by atoms with Crippen molar-refractivity contribution < 1.29 is 9.53 Å². The van der Waals surface area contributed by atoms with Crippen LogP contribution in [-0.2, 0) is 11.3 Å². The fourth-order valence-electron chi connectivity index (χ4n) is 3.56. The molecule has 1 N–H and O–H groups in total. The SMILES string of the molecule is COc1ccc2nc(N3CCC[C@@H](C(=O)NCc4ccc(C)cc4)C3)sc2c1. The van der Waals surface area contributed by atoms with Crippen LogP contribution in [0, 0.1) is 12.8 Å². The highest BCUT2D eigenvalue weighted by atomic mass is 32.1. The van der Waals surface area contributed by atoms with Crippen LogP contribution in [0.5, 0.6) is 5.75 Å². The first-order valence-corrected chi connectivity index (χ1v) is 10.5. The van der Waals surface area contributed by atoms with Crippen molar-refractivity contribution in [2.45, 2.75) is 26.3 Å². The number of ether oxygens (including phenoxy) is 1. The van der Waals surface area contributed by atoms with Gasteiger partial charge in [0, 0.05) is 19.6 Å². The van der Waals surface area contributed by atoms with E-state index in [9.17, 15) is 4.79 Å². The maximum atomic E-state index is 12.7. The summed E-state index contributed by atoms with van der Waals surface area (Å²) < 4.78 is 6.42. The molecule has 0 unspecified atom stereocenters. The summed E-state index contributed by atoms with van der Waals surface area (Å²) in [6.45, 7) is 4.31. The van der Waals surface area contributed by atoms with Crippen molar-refractivity contribution in [2.24, 2.45) is 5.92 Å². The van der Waals surface area contributed by atoms with Gasteiger partial charge in [-0.05, 0) is 43.5 Å². The molecule has 28 heavy (non-hydrogen) atoms. The summed E-state index contributed by atoms with van der Waals surface area (Å²) in [5.74, 6) is 0.975. The summed E-state index contributed by atoms with van der Waals surface area (Å²) in [5, 5.41) is 4.09. The summed E-state index contributed by atoms with van der Waals surface area (Å²) >= 11 is 1.66. The highest BCUT2D eigenvalue weighted by Gasteiger charge is 2.27. The number of nitrogens with zero attached hydrogens (tertiary/aromatic N) is 2. The van der Waals surface area contributed by atoms with Gasteiger partial charge in [0.1, 0.15) is 5.75 Å². The fraction of sp³-hybridized carbons (Fsp3) is 0.364. The Morgan fingerprint density at radius 3 is 2.89 bits per heavy atom. The predicted molar refractivity (Wildman–Crippen MR) is 114 cm³/mol. The lowest BCUT2D eigenvalue weighted by atomic mass is 9.97. The third-order valence-electron chi connectivity index (χ3n) is 5.23. The zero-order chi connectivity index (χ0) is 19.5. The number of piperidine rings is 1. The lowest BCUT2D eigenvalue weighted by Crippen LogP contribution is -2.42. The summed E-state index contributed by atoms with van der Waals surface area (Å²) in [7, 11) is 1.67. The maximum Gasteiger partial charge on any atom is 0.225 e. The van der Waals surface area contributed by atoms with Crippen molar-refractivity contribution >= 4 is 32.6 Å². The van der Waals surface area contributed by atoms with E-state index in [1.54, 1.807) is 18.4 Å². The number of anilines is 1. The minimum Gasteiger partial charge on any atom is -0.497 e. The Kier molecular flexibility index (Phi) is 5.48. The van der Waals surface area contributed by atoms with Crippen molar-refractivity contribution in [2.75, 3.05) is 25.1 Å². The molecule has 0 radical (unpaired) electrons. The van der Waals surface area contributed by atoms with E-state index in [-0.39, 0.29) is 11.8 Å². The van der Waals surface area contributed by atoms with Gasteiger partial charge in [-0.1, -0.05) is 41.2 Å². The summed E-state index contributed by atoms with van der Waals surface area (Å²) in [6, 6.07) is 14.2. The van der Waals surface area contributed by atoms with Gasteiger partial charge >= 0.3 is 0 Å². The first-order chi connectivity index (χ1) is 13.6. The quantitative estimate of drug-likeness (QED) is 0.705. The lowest BCUT2D eigenvalue weighted by Gasteiger charge is -2.31. The molecular weight excluding hydrogens is 370 g/mol. The molecule has 0 spiro atoms. The molecule has 4 rings (SSSR count). The van der Waals surface area contributed by atoms with Crippen molar-refractivity contribution in [3.8, 4) is 5.75 Å². The molecule has 1 amide bonds. The molecule has 146 valence electrons. The van der Waals surface area contributed by atoms with Gasteiger partial charge in [-0.15, -0.1) is 0 Å². The predicted octanol–water partition coefficient (Wildman–Crippen LogP) is 4.15. The lowest BCUT2D eigenvalue weighted by molar-refractivity contribution is -0.125. The topological polar surface area (TPSA) is 54.5 Å². The van der Waals surface area contributed by atoms with Crippen molar-refractivity contribution in [1.29, 1.82) is 0 Å². The number of carbonyl (C=O) groups excluding carboxylic acids is 1. The fourth-order valence-corrected chi connectivity index (χ4v) is 4.59. The second-order valence-corrected chi connectivity index (χ2v) is 8.33. The summed E-state index contributed by atoms with van der Waals surface area (Å²) in [6.07, 6.45) is 1.93. The van der Waals surface area contributed by atoms with E-state index >= 15 is 0 Å². The van der Waals surface area contributed by atoms with E-state index in [2.05, 4.69) is 41.4 Å². The zero-order valence-corrected chi connectivity index (χ0v) is 17.1. The van der Waals surface area contributed by atoms with E-state index in [0.29, 0.717) is 6.54 Å². The van der Waals surface area contributed by atoms with E-state index in [1.807, 2.05) is 18.2 Å². The molecular formula is C22H25N3O2S. The number of fused-ring (bicyclic) bond motifs is 1. The van der Waals surface area contributed by atoms with Crippen LogP contribution < -0.4 is 15.0 Å². The third kappa shape index (κ3) is 4.12. The Bertz CT molecular complexity index is 968. The molecule has 0 aliphatic carbocycles. The van der Waals surface area contributed by atoms with E-state index in [4.69, 9.17) is 9.72 Å². The minimum atomic E-state index is 0.000691. The largest absolute Gasteiger partial charge is 0.497 e. The molecule has 1 aromatic heterocycles. The molecule has 0 saturated carbocycles. The van der Waals surface area contributed by atoms with Gasteiger partial charge in [-0.25, -0.2) is 4.98 Å². The Morgan fingerprint density at radius 1 is 1.29 bits per heavy atom. The second kappa shape index (κ2) is 8.19. The van der Waals surface area contributed by atoms with Crippen LogP contribution in [0.15, 0.2) is 42.5 Å². The van der Waals surface area contributed by atoms with Gasteiger partial charge < -0.3 is 15.0 Å². The second-order valence-electron chi connectivity index (χ2n) is 7.32. The van der Waals surface area contributed by atoms with Gasteiger partial charge in [-0.3, -0.25) is 4.79 Å². The van der Waals surface area contributed by atoms with Crippen LogP contribution in [-0.4, -0.2) is 31.1 Å². The molecule has 1 atom stereocenters. The molecule has 1 saturated heterocycles. The Hall–Kier alpha value is -2.60. The van der Waals surface area contributed by atoms with Crippen LogP contribution >= 0.6 is 11.3 Å². The van der Waals surface area contributed by atoms with E-state index in [1.165, 1.54) is 5.56 Å². The Balaban J connectivity index is 1.40. The van der Waals surface area contributed by atoms with Gasteiger partial charge in [-0.2, -0.15) is 0 Å². The smallest absolute Gasteiger partial charge is 0.225 e. The number of methoxy groups -OCH3 is 1. The van der Waals surface area contributed by atoms with Crippen LogP contribution in [0.1, 0.15) is 24.0 Å². The van der Waals surface area contributed by atoms with Gasteiger partial charge in [0.25, 0.3) is 0 Å². The number of nitrogens with one attached hydrogen (secondary N) is 1. The number of amides is 1. The zero-order valence-electron chi connectivity index (χ0n) is 16.3. The summed E-state index contributed by atoms with van der Waals surface area (Å²) in [5.41, 5.74) is 3.34. The standard InChI is InChI=1S/C22H25N3O2S/c1-15-5-7-16(8-6-15)13-23-21(26)17-4-3-11-25(14-17)22-24-19-10-9-18(27-2)12-20(19)28-22/h5-10,12,17H,3-4,11,13-14H2,1-2H3,(H,23,26)/t17-/m1/s1. The van der Waals surface area contributed by atoms with Crippen molar-refractivity contribution in [3.63, 3.8) is 0 Å². The average molecular weight is 396 g/mol. The number of aromatic nitrogens is 1. The monoisotopic (exact) mass is 395 g/mol. The molecule has 1 aliphatic rings. The van der Waals surface area contributed by atoms with Crippen LogP contribution in [0.2, 0.25) is 0 Å². The van der Waals surface area contributed by atoms with Crippen molar-refractivity contribution in [1.82, 2.24) is 10.3 Å². The maximum absolute atomic E-state index is 12.7. The molecule has 0 bridgehead atoms. The molecule has 3 aromatic rings. The van der Waals surface area contributed by atoms with Crippen molar-refractivity contribution in [3.05, 3.63) is 53.6 Å². The number of carbonyl (C=O) groups is 1. The highest BCUT2D eigenvalue weighted by molar-refractivity contribution is 7.22. The summed E-state index contributed by atoms with van der Waals surface area (Å²) in [4.78, 5) is 19.7. The molecule has 1 fully saturated rings. The minimum absolute atomic E-state index is 0.000691. The molecule has 6 heteroatoms. The number of hydrogen-bond donors (Lipinski definition) is 1. The van der Waals surface area contributed by atoms with Crippen LogP contribution in [0.4, 0.5) is 5.13 Å². The number of aryl methyl sites for hydroxylation is 1. The Morgan fingerprint density at radius 2 is 2.11 bits per heavy atom.